The Morgan fingerprint density at radius 1 is 1.00 bits per heavy atom. The first-order chi connectivity index (χ1) is 18.2. The Morgan fingerprint density at radius 3 is 2.03 bits per heavy atom. The molecule has 0 aliphatic rings. The lowest BCUT2D eigenvalue weighted by Gasteiger charge is -2.24. The zero-order chi connectivity index (χ0) is 29.6. The third-order valence-corrected chi connectivity index (χ3v) is 4.93. The van der Waals surface area contributed by atoms with E-state index in [1.54, 1.807) is 12.1 Å². The number of aliphatic carboxylic acids is 1. The van der Waals surface area contributed by atoms with Crippen molar-refractivity contribution in [2.24, 2.45) is 11.7 Å². The fraction of sp³-hybridized carbons (Fsp3) is 0.393. The van der Waals surface area contributed by atoms with Gasteiger partial charge in [0, 0.05) is 37.0 Å². The number of nitrogens with one attached hydrogen (secondary N) is 3. The summed E-state index contributed by atoms with van der Waals surface area (Å²) < 4.78 is 11.0. The molecule has 0 aromatic heterocycles. The van der Waals surface area contributed by atoms with Crippen molar-refractivity contribution in [2.75, 3.05) is 18.5 Å². The summed E-state index contributed by atoms with van der Waals surface area (Å²) in [5.41, 5.74) is 6.98. The first-order valence-electron chi connectivity index (χ1n) is 12.4. The van der Waals surface area contributed by atoms with E-state index in [9.17, 15) is 14.4 Å². The van der Waals surface area contributed by atoms with E-state index < -0.39 is 23.5 Å². The monoisotopic (exact) mass is 542 g/mol. The molecule has 0 heterocycles. The van der Waals surface area contributed by atoms with Crippen LogP contribution in [0.3, 0.4) is 0 Å². The molecular weight excluding hydrogens is 504 g/mol. The predicted molar refractivity (Wildman–Crippen MR) is 148 cm³/mol. The second-order valence-corrected chi connectivity index (χ2v) is 9.54. The van der Waals surface area contributed by atoms with E-state index in [1.165, 1.54) is 24.3 Å². The van der Waals surface area contributed by atoms with E-state index in [1.807, 2.05) is 39.8 Å². The van der Waals surface area contributed by atoms with Crippen LogP contribution in [0, 0.1) is 11.3 Å². The van der Waals surface area contributed by atoms with E-state index in [-0.39, 0.29) is 23.3 Å². The molecule has 0 aliphatic carbocycles. The normalized spacial score (nSPS) is 11.3. The molecule has 1 atom stereocenters. The van der Waals surface area contributed by atoms with Gasteiger partial charge in [0.25, 0.3) is 11.9 Å². The van der Waals surface area contributed by atoms with Crippen molar-refractivity contribution in [3.05, 3.63) is 65.2 Å². The SMILES string of the molecule is CC(=O)O.CCOCCC(Cc1ccc(NC(=O)NC(=O)c2ccc(C(=N)N)cc2)cc1)C(=O)OC(C)(C)C. The summed E-state index contributed by atoms with van der Waals surface area (Å²) in [6.45, 7) is 9.54. The summed E-state index contributed by atoms with van der Waals surface area (Å²) in [5, 5.41) is 19.7. The van der Waals surface area contributed by atoms with Gasteiger partial charge in [-0.1, -0.05) is 24.3 Å². The van der Waals surface area contributed by atoms with Gasteiger partial charge in [0.2, 0.25) is 0 Å². The molecule has 2 rings (SSSR count). The van der Waals surface area contributed by atoms with Crippen LogP contribution < -0.4 is 16.4 Å². The molecule has 39 heavy (non-hydrogen) atoms. The number of urea groups is 1. The number of hydrogen-bond donors (Lipinski definition) is 5. The molecule has 0 spiro atoms. The van der Waals surface area contributed by atoms with Crippen LogP contribution in [0.25, 0.3) is 0 Å². The summed E-state index contributed by atoms with van der Waals surface area (Å²) in [4.78, 5) is 46.1. The number of carboxylic acid groups (broad SMARTS) is 1. The van der Waals surface area contributed by atoms with Gasteiger partial charge in [-0.3, -0.25) is 25.1 Å². The van der Waals surface area contributed by atoms with Gasteiger partial charge in [0.05, 0.1) is 5.92 Å². The van der Waals surface area contributed by atoms with Crippen molar-refractivity contribution in [2.45, 2.75) is 53.1 Å². The van der Waals surface area contributed by atoms with Crippen molar-refractivity contribution in [1.82, 2.24) is 5.32 Å². The smallest absolute Gasteiger partial charge is 0.326 e. The highest BCUT2D eigenvalue weighted by atomic mass is 16.6. The second-order valence-electron chi connectivity index (χ2n) is 9.54. The van der Waals surface area contributed by atoms with Gasteiger partial charge >= 0.3 is 12.0 Å². The highest BCUT2D eigenvalue weighted by Gasteiger charge is 2.25. The van der Waals surface area contributed by atoms with Gasteiger partial charge in [0.15, 0.2) is 0 Å². The number of carboxylic acids is 1. The van der Waals surface area contributed by atoms with Crippen molar-refractivity contribution >= 4 is 35.4 Å². The third-order valence-electron chi connectivity index (χ3n) is 4.93. The van der Waals surface area contributed by atoms with Crippen LogP contribution in [0.1, 0.15) is 62.5 Å². The van der Waals surface area contributed by atoms with Gasteiger partial charge in [-0.2, -0.15) is 0 Å². The van der Waals surface area contributed by atoms with E-state index >= 15 is 0 Å². The molecule has 0 aliphatic heterocycles. The minimum absolute atomic E-state index is 0.107. The standard InChI is InChI=1S/C26H34N4O5.C2H4O2/c1-5-34-15-14-20(24(32)35-26(2,3)4)16-17-6-12-21(13-7-17)29-25(33)30-23(31)19-10-8-18(9-11-19)22(27)28;1-2(3)4/h6-13,20H,5,14-16H2,1-4H3,(H3,27,28)(H2,29,30,31,33);1H3,(H,3,4). The summed E-state index contributed by atoms with van der Waals surface area (Å²) in [7, 11) is 0. The Bertz CT molecular complexity index is 1120. The van der Waals surface area contributed by atoms with E-state index in [0.29, 0.717) is 37.3 Å². The van der Waals surface area contributed by atoms with Crippen LogP contribution in [0.5, 0.6) is 0 Å². The summed E-state index contributed by atoms with van der Waals surface area (Å²) in [6, 6.07) is 12.4. The van der Waals surface area contributed by atoms with Gasteiger partial charge in [-0.25, -0.2) is 4.79 Å². The largest absolute Gasteiger partial charge is 0.481 e. The van der Waals surface area contributed by atoms with Gasteiger partial charge in [0.1, 0.15) is 11.4 Å². The number of rotatable bonds is 10. The fourth-order valence-corrected chi connectivity index (χ4v) is 3.21. The lowest BCUT2D eigenvalue weighted by Crippen LogP contribution is -2.34. The molecule has 212 valence electrons. The number of benzene rings is 2. The van der Waals surface area contributed by atoms with Crippen molar-refractivity contribution < 1.29 is 33.8 Å². The third kappa shape index (κ3) is 13.7. The Morgan fingerprint density at radius 2 is 1.54 bits per heavy atom. The minimum Gasteiger partial charge on any atom is -0.481 e. The number of anilines is 1. The molecule has 2 aromatic carbocycles. The highest BCUT2D eigenvalue weighted by molar-refractivity contribution is 6.08. The molecule has 11 nitrogen and oxygen atoms in total. The van der Waals surface area contributed by atoms with Crippen molar-refractivity contribution in [3.8, 4) is 0 Å². The van der Waals surface area contributed by atoms with Crippen LogP contribution in [-0.4, -0.2) is 53.6 Å². The Balaban J connectivity index is 0.00000177. The number of carbonyl (C=O) groups excluding carboxylic acids is 3. The molecule has 3 amide bonds. The van der Waals surface area contributed by atoms with Crippen LogP contribution in [-0.2, 0) is 25.5 Å². The van der Waals surface area contributed by atoms with Crippen LogP contribution in [0.4, 0.5) is 10.5 Å². The number of amidine groups is 1. The number of imide groups is 1. The maximum absolute atomic E-state index is 12.6. The Kier molecular flexibility index (Phi) is 13.3. The molecule has 0 saturated carbocycles. The van der Waals surface area contributed by atoms with Crippen LogP contribution in [0.2, 0.25) is 0 Å². The quantitative estimate of drug-likeness (QED) is 0.129. The molecular formula is C28H38N4O7. The van der Waals surface area contributed by atoms with Crippen LogP contribution >= 0.6 is 0 Å². The zero-order valence-electron chi connectivity index (χ0n) is 23.0. The second kappa shape index (κ2) is 15.9. The number of carbonyl (C=O) groups is 4. The average molecular weight is 543 g/mol. The molecule has 1 unspecified atom stereocenters. The highest BCUT2D eigenvalue weighted by Crippen LogP contribution is 2.20. The number of amides is 3. The first kappa shape index (κ1) is 32.8. The molecule has 0 bridgehead atoms. The maximum Gasteiger partial charge on any atom is 0.326 e. The number of nitrogen functional groups attached to an aromatic ring is 1. The lowest BCUT2D eigenvalue weighted by atomic mass is 9.96. The average Bonchev–Trinajstić information content (AvgIpc) is 2.83. The molecule has 0 fully saturated rings. The first-order valence-corrected chi connectivity index (χ1v) is 12.4. The Labute approximate surface area is 228 Å². The van der Waals surface area contributed by atoms with E-state index in [2.05, 4.69) is 10.6 Å². The molecule has 0 radical (unpaired) electrons. The molecule has 0 saturated heterocycles. The lowest BCUT2D eigenvalue weighted by molar-refractivity contribution is -0.160. The van der Waals surface area contributed by atoms with E-state index in [4.69, 9.17) is 30.5 Å². The topological polar surface area (TPSA) is 181 Å². The molecule has 2 aromatic rings. The van der Waals surface area contributed by atoms with Crippen molar-refractivity contribution in [3.63, 3.8) is 0 Å². The predicted octanol–water partition coefficient (Wildman–Crippen LogP) is 3.95. The zero-order valence-corrected chi connectivity index (χ0v) is 23.0. The fourth-order valence-electron chi connectivity index (χ4n) is 3.21. The summed E-state index contributed by atoms with van der Waals surface area (Å²) >= 11 is 0. The molecule has 6 N–H and O–H groups in total. The van der Waals surface area contributed by atoms with Crippen LogP contribution in [0.15, 0.2) is 48.5 Å². The van der Waals surface area contributed by atoms with E-state index in [0.717, 1.165) is 12.5 Å². The van der Waals surface area contributed by atoms with Gasteiger partial charge in [-0.15, -0.1) is 0 Å². The minimum atomic E-state index is -0.833. The molecule has 11 heteroatoms. The number of esters is 1. The van der Waals surface area contributed by atoms with Gasteiger partial charge < -0.3 is 25.6 Å². The van der Waals surface area contributed by atoms with Crippen molar-refractivity contribution in [1.29, 1.82) is 5.41 Å². The summed E-state index contributed by atoms with van der Waals surface area (Å²) in [5.74, 6) is -2.14. The number of nitrogens with two attached hydrogens (primary N) is 1. The van der Waals surface area contributed by atoms with Gasteiger partial charge in [-0.05, 0) is 70.4 Å². The maximum atomic E-state index is 12.6. The summed E-state index contributed by atoms with van der Waals surface area (Å²) in [6.07, 6.45) is 1.02. The Hall–Kier alpha value is -4.25. The number of ether oxygens (including phenoxy) is 2. The number of hydrogen-bond acceptors (Lipinski definition) is 7.